The van der Waals surface area contributed by atoms with Crippen molar-refractivity contribution >= 4 is 34.4 Å². The van der Waals surface area contributed by atoms with E-state index in [0.717, 1.165) is 69.6 Å². The predicted octanol–water partition coefficient (Wildman–Crippen LogP) is 5.61. The second-order valence-electron chi connectivity index (χ2n) is 7.19. The maximum atomic E-state index is 5.88. The Morgan fingerprint density at radius 2 is 2.19 bits per heavy atom. The van der Waals surface area contributed by atoms with Crippen LogP contribution in [-0.4, -0.2) is 39.6 Å². The summed E-state index contributed by atoms with van der Waals surface area (Å²) in [6.45, 7) is 1.63. The molecule has 1 atom stereocenters. The Kier molecular flexibility index (Phi) is 6.35. The molecule has 0 spiro atoms. The number of ether oxygens (including phenoxy) is 2. The first-order chi connectivity index (χ1) is 15.3. The summed E-state index contributed by atoms with van der Waals surface area (Å²) in [5, 5.41) is 15.1. The zero-order valence-corrected chi connectivity index (χ0v) is 19.5. The van der Waals surface area contributed by atoms with Gasteiger partial charge in [0, 0.05) is 23.3 Å². The van der Waals surface area contributed by atoms with Crippen LogP contribution in [0.15, 0.2) is 52.3 Å². The number of hydrogen-bond donors (Lipinski definition) is 0. The van der Waals surface area contributed by atoms with Crippen molar-refractivity contribution in [2.45, 2.75) is 36.4 Å². The molecule has 0 radical (unpaired) electrons. The Hall–Kier alpha value is -2.20. The molecule has 5 rings (SSSR count). The molecule has 1 saturated heterocycles. The molecule has 0 amide bonds. The van der Waals surface area contributed by atoms with Crippen LogP contribution in [0.1, 0.15) is 18.5 Å². The molecule has 1 unspecified atom stereocenters. The van der Waals surface area contributed by atoms with Crippen LogP contribution in [0.3, 0.4) is 0 Å². The summed E-state index contributed by atoms with van der Waals surface area (Å²) in [6, 6.07) is 12.2. The van der Waals surface area contributed by atoms with Crippen molar-refractivity contribution in [3.63, 3.8) is 0 Å². The van der Waals surface area contributed by atoms with Crippen molar-refractivity contribution in [1.82, 2.24) is 19.7 Å². The Bertz CT molecular complexity index is 1130. The van der Waals surface area contributed by atoms with Crippen LogP contribution in [0.5, 0.6) is 5.75 Å². The van der Waals surface area contributed by atoms with E-state index in [9.17, 15) is 0 Å². The molecule has 6 nitrogen and oxygen atoms in total. The van der Waals surface area contributed by atoms with E-state index in [1.165, 1.54) is 0 Å². The van der Waals surface area contributed by atoms with Crippen LogP contribution in [0.2, 0.25) is 0 Å². The molecule has 0 aliphatic carbocycles. The maximum Gasteiger partial charge on any atom is 0.191 e. The Morgan fingerprint density at radius 3 is 3.00 bits per heavy atom. The van der Waals surface area contributed by atoms with E-state index in [1.807, 2.05) is 24.3 Å². The molecular weight excluding hydrogens is 448 g/mol. The average Bonchev–Trinajstić information content (AvgIpc) is 3.60. The molecule has 0 N–H and O–H groups in total. The van der Waals surface area contributed by atoms with Gasteiger partial charge in [-0.3, -0.25) is 4.57 Å². The minimum atomic E-state index is 0.230. The average molecular weight is 471 g/mol. The quantitative estimate of drug-likeness (QED) is 0.312. The van der Waals surface area contributed by atoms with Gasteiger partial charge >= 0.3 is 0 Å². The highest BCUT2D eigenvalue weighted by Crippen LogP contribution is 2.32. The smallest absolute Gasteiger partial charge is 0.191 e. The lowest BCUT2D eigenvalue weighted by molar-refractivity contribution is 0.0953. The zero-order chi connectivity index (χ0) is 21.0. The molecule has 4 heterocycles. The Labute approximate surface area is 193 Å². The molecule has 4 aromatic rings. The van der Waals surface area contributed by atoms with Crippen molar-refractivity contribution in [2.24, 2.45) is 0 Å². The third kappa shape index (κ3) is 4.69. The minimum absolute atomic E-state index is 0.230. The lowest BCUT2D eigenvalue weighted by atomic mass is 10.2. The van der Waals surface area contributed by atoms with Gasteiger partial charge < -0.3 is 9.47 Å². The number of nitrogens with zero attached hydrogens (tertiary/aromatic N) is 4. The Balaban J connectivity index is 1.34. The number of hydrogen-bond acceptors (Lipinski definition) is 8. The summed E-state index contributed by atoms with van der Waals surface area (Å²) >= 11 is 5.01. The summed E-state index contributed by atoms with van der Waals surface area (Å²) in [5.41, 5.74) is 2.11. The van der Waals surface area contributed by atoms with E-state index in [-0.39, 0.29) is 6.10 Å². The Morgan fingerprint density at radius 1 is 1.23 bits per heavy atom. The van der Waals surface area contributed by atoms with E-state index in [0.29, 0.717) is 0 Å². The summed E-state index contributed by atoms with van der Waals surface area (Å²) in [6.07, 6.45) is 2.44. The van der Waals surface area contributed by atoms with Crippen LogP contribution < -0.4 is 4.74 Å². The molecule has 1 aliphatic heterocycles. The number of thiophene rings is 1. The van der Waals surface area contributed by atoms with Gasteiger partial charge in [0.15, 0.2) is 11.0 Å². The van der Waals surface area contributed by atoms with E-state index < -0.39 is 0 Å². The molecular formula is C22H22N4O2S3. The fourth-order valence-corrected chi connectivity index (χ4v) is 6.02. The first-order valence-electron chi connectivity index (χ1n) is 10.1. The molecule has 1 fully saturated rings. The second-order valence-corrected chi connectivity index (χ2v) is 9.94. The number of rotatable bonds is 8. The zero-order valence-electron chi connectivity index (χ0n) is 17.1. The molecule has 1 aliphatic rings. The fraction of sp³-hybridized carbons (Fsp3) is 0.318. The van der Waals surface area contributed by atoms with Crippen molar-refractivity contribution in [2.75, 3.05) is 13.7 Å². The minimum Gasteiger partial charge on any atom is -0.497 e. The monoisotopic (exact) mass is 470 g/mol. The summed E-state index contributed by atoms with van der Waals surface area (Å²) in [7, 11) is 1.68. The van der Waals surface area contributed by atoms with E-state index in [2.05, 4.69) is 37.7 Å². The number of thiazole rings is 1. The largest absolute Gasteiger partial charge is 0.497 e. The third-order valence-corrected chi connectivity index (χ3v) is 7.89. The van der Waals surface area contributed by atoms with Crippen LogP contribution in [-0.2, 0) is 17.0 Å². The van der Waals surface area contributed by atoms with Crippen LogP contribution in [0.4, 0.5) is 0 Å². The molecule has 1 aromatic carbocycles. The fourth-order valence-electron chi connectivity index (χ4n) is 3.54. The highest BCUT2D eigenvalue weighted by molar-refractivity contribution is 7.98. The van der Waals surface area contributed by atoms with Crippen LogP contribution in [0.25, 0.3) is 21.3 Å². The SMILES string of the molecule is COc1cccc(-c2nc(CSc3nnc(-c4cccs4)n3CC3CCCO3)cs2)c1. The standard InChI is InChI=1S/C22H22N4O2S3/c1-27-17-6-2-5-15(11-17)21-23-16(13-30-21)14-31-22-25-24-20(19-8-4-10-29-19)26(22)12-18-7-3-9-28-18/h2,4-6,8,10-11,13,18H,3,7,9,12,14H2,1H3. The molecule has 31 heavy (non-hydrogen) atoms. The van der Waals surface area contributed by atoms with Crippen molar-refractivity contribution in [1.29, 1.82) is 0 Å². The summed E-state index contributed by atoms with van der Waals surface area (Å²) in [4.78, 5) is 5.95. The van der Waals surface area contributed by atoms with Crippen LogP contribution >= 0.6 is 34.4 Å². The number of aromatic nitrogens is 4. The van der Waals surface area contributed by atoms with E-state index in [1.54, 1.807) is 41.5 Å². The van der Waals surface area contributed by atoms with E-state index >= 15 is 0 Å². The lowest BCUT2D eigenvalue weighted by Gasteiger charge is -2.14. The van der Waals surface area contributed by atoms with Crippen molar-refractivity contribution < 1.29 is 9.47 Å². The predicted molar refractivity (Wildman–Crippen MR) is 126 cm³/mol. The lowest BCUT2D eigenvalue weighted by Crippen LogP contribution is -2.16. The first-order valence-corrected chi connectivity index (χ1v) is 12.8. The normalized spacial score (nSPS) is 16.1. The van der Waals surface area contributed by atoms with Gasteiger partial charge in [0.1, 0.15) is 10.8 Å². The maximum absolute atomic E-state index is 5.88. The van der Waals surface area contributed by atoms with Gasteiger partial charge in [0.2, 0.25) is 0 Å². The molecule has 3 aromatic heterocycles. The van der Waals surface area contributed by atoms with Crippen molar-refractivity contribution in [3.05, 3.63) is 52.9 Å². The highest BCUT2D eigenvalue weighted by Gasteiger charge is 2.22. The van der Waals surface area contributed by atoms with Crippen LogP contribution in [0, 0.1) is 0 Å². The molecule has 0 saturated carbocycles. The van der Waals surface area contributed by atoms with Gasteiger partial charge in [0.25, 0.3) is 0 Å². The van der Waals surface area contributed by atoms with Gasteiger partial charge in [0.05, 0.1) is 30.3 Å². The van der Waals surface area contributed by atoms with Gasteiger partial charge in [-0.05, 0) is 36.4 Å². The van der Waals surface area contributed by atoms with Gasteiger partial charge in [-0.25, -0.2) is 4.98 Å². The van der Waals surface area contributed by atoms with E-state index in [4.69, 9.17) is 14.5 Å². The molecule has 9 heteroatoms. The topological polar surface area (TPSA) is 62.1 Å². The molecule has 160 valence electrons. The summed E-state index contributed by atoms with van der Waals surface area (Å²) < 4.78 is 13.4. The number of benzene rings is 1. The van der Waals surface area contributed by atoms with Gasteiger partial charge in [-0.15, -0.1) is 32.9 Å². The van der Waals surface area contributed by atoms with Crippen molar-refractivity contribution in [3.8, 4) is 27.0 Å². The third-order valence-electron chi connectivity index (χ3n) is 5.09. The second kappa shape index (κ2) is 9.52. The number of thioether (sulfide) groups is 1. The summed E-state index contributed by atoms with van der Waals surface area (Å²) in [5.74, 6) is 2.50. The van der Waals surface area contributed by atoms with Gasteiger partial charge in [-0.2, -0.15) is 0 Å². The highest BCUT2D eigenvalue weighted by atomic mass is 32.2. The van der Waals surface area contributed by atoms with Gasteiger partial charge in [-0.1, -0.05) is 30.0 Å². The number of methoxy groups -OCH3 is 1. The molecule has 0 bridgehead atoms. The first kappa shape index (κ1) is 20.7.